The maximum atomic E-state index is 14.2. The second-order valence-electron chi connectivity index (χ2n) is 7.54. The van der Waals surface area contributed by atoms with Crippen molar-refractivity contribution >= 4 is 15.8 Å². The van der Waals surface area contributed by atoms with E-state index in [4.69, 9.17) is 4.98 Å². The van der Waals surface area contributed by atoms with Crippen molar-refractivity contribution in [1.29, 1.82) is 0 Å². The first kappa shape index (κ1) is 20.7. The number of aryl methyl sites for hydroxylation is 1. The lowest BCUT2D eigenvalue weighted by Crippen LogP contribution is -2.49. The molecule has 2 heterocycles. The van der Waals surface area contributed by atoms with Crippen LogP contribution in [0.3, 0.4) is 0 Å². The predicted octanol–water partition coefficient (Wildman–Crippen LogP) is 2.72. The molecule has 8 heteroatoms. The minimum absolute atomic E-state index is 0.164. The van der Waals surface area contributed by atoms with Crippen molar-refractivity contribution in [3.8, 4) is 0 Å². The first-order valence-corrected chi connectivity index (χ1v) is 11.3. The largest absolute Gasteiger partial charge is 0.354 e. The zero-order chi connectivity index (χ0) is 20.5. The molecule has 0 radical (unpaired) electrons. The molecule has 1 fully saturated rings. The Morgan fingerprint density at radius 3 is 2.32 bits per heavy atom. The summed E-state index contributed by atoms with van der Waals surface area (Å²) in [4.78, 5) is 11.5. The molecular formula is C20H27FN4O2S. The number of nitrogens with zero attached hydrogens (tertiary/aromatic N) is 4. The predicted molar refractivity (Wildman–Crippen MR) is 109 cm³/mol. The van der Waals surface area contributed by atoms with Crippen molar-refractivity contribution in [2.45, 2.75) is 33.1 Å². The minimum Gasteiger partial charge on any atom is -0.354 e. The second kappa shape index (κ2) is 8.13. The Labute approximate surface area is 166 Å². The molecule has 0 unspecified atom stereocenters. The number of benzene rings is 1. The average Bonchev–Trinajstić information content (AvgIpc) is 2.64. The molecule has 1 aliphatic rings. The highest BCUT2D eigenvalue weighted by atomic mass is 32.2. The molecule has 3 rings (SSSR count). The second-order valence-corrected chi connectivity index (χ2v) is 9.52. The number of halogens is 1. The maximum absolute atomic E-state index is 14.2. The van der Waals surface area contributed by atoms with E-state index in [2.05, 4.69) is 9.88 Å². The summed E-state index contributed by atoms with van der Waals surface area (Å²) < 4.78 is 39.4. The lowest BCUT2D eigenvalue weighted by atomic mass is 10.0. The molecule has 6 nitrogen and oxygen atoms in total. The van der Waals surface area contributed by atoms with Gasteiger partial charge in [-0.05, 0) is 18.6 Å². The van der Waals surface area contributed by atoms with Crippen LogP contribution in [0.25, 0.3) is 0 Å². The van der Waals surface area contributed by atoms with Gasteiger partial charge in [-0.1, -0.05) is 32.0 Å². The Bertz CT molecular complexity index is 955. The molecule has 0 N–H and O–H groups in total. The summed E-state index contributed by atoms with van der Waals surface area (Å²) in [5.41, 5.74) is 2.33. The Morgan fingerprint density at radius 1 is 1.11 bits per heavy atom. The molecule has 0 spiro atoms. The molecule has 1 aliphatic heterocycles. The highest BCUT2D eigenvalue weighted by molar-refractivity contribution is 7.88. The van der Waals surface area contributed by atoms with E-state index in [9.17, 15) is 12.8 Å². The van der Waals surface area contributed by atoms with Gasteiger partial charge in [-0.3, -0.25) is 0 Å². The summed E-state index contributed by atoms with van der Waals surface area (Å²) in [5.74, 6) is 1.45. The number of piperazine rings is 1. The summed E-state index contributed by atoms with van der Waals surface area (Å²) >= 11 is 0. The van der Waals surface area contributed by atoms with E-state index >= 15 is 0 Å². The van der Waals surface area contributed by atoms with Gasteiger partial charge >= 0.3 is 0 Å². The quantitative estimate of drug-likeness (QED) is 0.764. The lowest BCUT2D eigenvalue weighted by Gasteiger charge is -2.35. The highest BCUT2D eigenvalue weighted by Gasteiger charge is 2.27. The van der Waals surface area contributed by atoms with Crippen LogP contribution in [-0.2, 0) is 16.4 Å². The van der Waals surface area contributed by atoms with Crippen LogP contribution in [0.5, 0.6) is 0 Å². The third kappa shape index (κ3) is 4.50. The Balaban J connectivity index is 1.97. The van der Waals surface area contributed by atoms with Gasteiger partial charge in [0.15, 0.2) is 0 Å². The molecule has 152 valence electrons. The number of sulfonamides is 1. The Morgan fingerprint density at radius 2 is 1.75 bits per heavy atom. The van der Waals surface area contributed by atoms with Crippen molar-refractivity contribution in [2.75, 3.05) is 37.3 Å². The van der Waals surface area contributed by atoms with E-state index in [1.54, 1.807) is 12.1 Å². The molecule has 0 saturated carbocycles. The number of aromatic nitrogens is 2. The average molecular weight is 407 g/mol. The third-order valence-corrected chi connectivity index (χ3v) is 6.36. The molecule has 0 atom stereocenters. The molecule has 28 heavy (non-hydrogen) atoms. The van der Waals surface area contributed by atoms with E-state index < -0.39 is 10.0 Å². The van der Waals surface area contributed by atoms with E-state index in [0.29, 0.717) is 38.2 Å². The molecule has 0 aliphatic carbocycles. The molecule has 1 saturated heterocycles. The van der Waals surface area contributed by atoms with Gasteiger partial charge in [0.05, 0.1) is 6.26 Å². The van der Waals surface area contributed by atoms with Crippen LogP contribution in [-0.4, -0.2) is 55.1 Å². The van der Waals surface area contributed by atoms with Gasteiger partial charge in [-0.2, -0.15) is 4.31 Å². The first-order chi connectivity index (χ1) is 13.2. The molecule has 0 bridgehead atoms. The van der Waals surface area contributed by atoms with Crippen LogP contribution < -0.4 is 4.90 Å². The Hall–Kier alpha value is -2.06. The highest BCUT2D eigenvalue weighted by Crippen LogP contribution is 2.28. The number of rotatable bonds is 5. The van der Waals surface area contributed by atoms with Gasteiger partial charge in [0, 0.05) is 49.8 Å². The molecule has 2 aromatic rings. The van der Waals surface area contributed by atoms with Crippen molar-refractivity contribution < 1.29 is 12.8 Å². The van der Waals surface area contributed by atoms with Gasteiger partial charge in [-0.15, -0.1) is 0 Å². The topological polar surface area (TPSA) is 66.4 Å². The SMILES string of the molecule is Cc1nc(C(C)C)nc(N2CCN(S(C)(=O)=O)CC2)c1Cc1ccccc1F. The van der Waals surface area contributed by atoms with Gasteiger partial charge in [0.1, 0.15) is 17.5 Å². The minimum atomic E-state index is -3.20. The first-order valence-electron chi connectivity index (χ1n) is 9.47. The zero-order valence-electron chi connectivity index (χ0n) is 16.8. The molecule has 0 amide bonds. The zero-order valence-corrected chi connectivity index (χ0v) is 17.6. The fourth-order valence-corrected chi connectivity index (χ4v) is 4.22. The standard InChI is InChI=1S/C20H27FN4O2S/c1-14(2)19-22-15(3)17(13-16-7-5-6-8-18(16)21)20(23-19)24-9-11-25(12-10-24)28(4,26)27/h5-8,14H,9-13H2,1-4H3. The van der Waals surface area contributed by atoms with E-state index in [-0.39, 0.29) is 11.7 Å². The summed E-state index contributed by atoms with van der Waals surface area (Å²) in [6, 6.07) is 6.73. The van der Waals surface area contributed by atoms with Crippen LogP contribution in [0, 0.1) is 12.7 Å². The van der Waals surface area contributed by atoms with Gasteiger partial charge in [0.2, 0.25) is 10.0 Å². The summed E-state index contributed by atoms with van der Waals surface area (Å²) in [6.45, 7) is 7.93. The summed E-state index contributed by atoms with van der Waals surface area (Å²) in [5, 5.41) is 0. The third-order valence-electron chi connectivity index (χ3n) is 5.06. The van der Waals surface area contributed by atoms with Gasteiger partial charge < -0.3 is 4.90 Å². The maximum Gasteiger partial charge on any atom is 0.211 e. The molecule has 1 aromatic carbocycles. The van der Waals surface area contributed by atoms with Crippen molar-refractivity contribution in [3.05, 3.63) is 52.7 Å². The summed E-state index contributed by atoms with van der Waals surface area (Å²) in [6.07, 6.45) is 1.64. The van der Waals surface area contributed by atoms with Gasteiger partial charge in [0.25, 0.3) is 0 Å². The molecular weight excluding hydrogens is 379 g/mol. The monoisotopic (exact) mass is 406 g/mol. The van der Waals surface area contributed by atoms with E-state index in [1.165, 1.54) is 16.6 Å². The van der Waals surface area contributed by atoms with Crippen LogP contribution in [0.2, 0.25) is 0 Å². The smallest absolute Gasteiger partial charge is 0.211 e. The number of anilines is 1. The lowest BCUT2D eigenvalue weighted by molar-refractivity contribution is 0.386. The molecule has 1 aromatic heterocycles. The van der Waals surface area contributed by atoms with Crippen molar-refractivity contribution in [1.82, 2.24) is 14.3 Å². The van der Waals surface area contributed by atoms with Crippen LogP contribution >= 0.6 is 0 Å². The van der Waals surface area contributed by atoms with Crippen LogP contribution in [0.15, 0.2) is 24.3 Å². The Kier molecular flexibility index (Phi) is 6.00. The van der Waals surface area contributed by atoms with E-state index in [0.717, 1.165) is 22.9 Å². The van der Waals surface area contributed by atoms with Crippen molar-refractivity contribution in [2.24, 2.45) is 0 Å². The number of hydrogen-bond acceptors (Lipinski definition) is 5. The number of hydrogen-bond donors (Lipinski definition) is 0. The normalized spacial score (nSPS) is 16.0. The van der Waals surface area contributed by atoms with E-state index in [1.807, 2.05) is 26.8 Å². The fourth-order valence-electron chi connectivity index (χ4n) is 3.39. The van der Waals surface area contributed by atoms with Gasteiger partial charge in [-0.25, -0.2) is 22.8 Å². The fraction of sp³-hybridized carbons (Fsp3) is 0.500. The summed E-state index contributed by atoms with van der Waals surface area (Å²) in [7, 11) is -3.20. The van der Waals surface area contributed by atoms with Crippen LogP contribution in [0.1, 0.15) is 42.4 Å². The van der Waals surface area contributed by atoms with Crippen molar-refractivity contribution in [3.63, 3.8) is 0 Å². The van der Waals surface area contributed by atoms with Crippen LogP contribution in [0.4, 0.5) is 10.2 Å².